The van der Waals surface area contributed by atoms with Gasteiger partial charge in [-0.15, -0.1) is 0 Å². The first-order valence-electron chi connectivity index (χ1n) is 5.77. The van der Waals surface area contributed by atoms with Crippen LogP contribution in [0.25, 0.3) is 0 Å². The summed E-state index contributed by atoms with van der Waals surface area (Å²) in [5.41, 5.74) is -0.0789. The summed E-state index contributed by atoms with van der Waals surface area (Å²) in [6, 6.07) is 3.21. The van der Waals surface area contributed by atoms with E-state index in [4.69, 9.17) is 5.11 Å². The molecule has 7 nitrogen and oxygen atoms in total. The van der Waals surface area contributed by atoms with E-state index < -0.39 is 18.1 Å². The second-order valence-electron chi connectivity index (χ2n) is 4.35. The van der Waals surface area contributed by atoms with E-state index in [0.29, 0.717) is 13.0 Å². The Morgan fingerprint density at radius 3 is 2.68 bits per heavy atom. The molecule has 1 aliphatic heterocycles. The van der Waals surface area contributed by atoms with Crippen LogP contribution in [0.5, 0.6) is 5.75 Å². The molecular weight excluding hydrogens is 252 g/mol. The van der Waals surface area contributed by atoms with Crippen molar-refractivity contribution >= 4 is 17.7 Å². The van der Waals surface area contributed by atoms with Crippen LogP contribution in [0.1, 0.15) is 16.8 Å². The van der Waals surface area contributed by atoms with Crippen LogP contribution in [0.4, 0.5) is 10.5 Å². The van der Waals surface area contributed by atoms with Crippen LogP contribution in [0.2, 0.25) is 0 Å². The molecule has 2 rings (SSSR count). The molecule has 0 aromatic heterocycles. The van der Waals surface area contributed by atoms with Gasteiger partial charge in [-0.3, -0.25) is 0 Å². The fourth-order valence-corrected chi connectivity index (χ4v) is 1.94. The van der Waals surface area contributed by atoms with Gasteiger partial charge < -0.3 is 25.5 Å². The molecule has 19 heavy (non-hydrogen) atoms. The molecule has 1 fully saturated rings. The van der Waals surface area contributed by atoms with Crippen molar-refractivity contribution in [3.05, 3.63) is 23.8 Å². The highest BCUT2D eigenvalue weighted by molar-refractivity contribution is 6.00. The number of phenolic OH excluding ortho intramolecular Hbond substituents is 1. The number of aromatic hydroxyl groups is 1. The van der Waals surface area contributed by atoms with Crippen molar-refractivity contribution in [1.29, 1.82) is 0 Å². The molecule has 0 spiro atoms. The zero-order valence-electron chi connectivity index (χ0n) is 10.0. The van der Waals surface area contributed by atoms with E-state index in [1.165, 1.54) is 17.0 Å². The molecule has 2 amide bonds. The average Bonchev–Trinajstić information content (AvgIpc) is 2.78. The number of anilines is 1. The van der Waals surface area contributed by atoms with E-state index in [-0.39, 0.29) is 23.5 Å². The van der Waals surface area contributed by atoms with E-state index in [9.17, 15) is 19.8 Å². The minimum atomic E-state index is -1.24. The van der Waals surface area contributed by atoms with Crippen molar-refractivity contribution in [3.63, 3.8) is 0 Å². The SMILES string of the molecule is O=C(O)c1cc(O)ccc1NC(=O)N1CCC(O)C1. The van der Waals surface area contributed by atoms with Gasteiger partial charge >= 0.3 is 12.0 Å². The van der Waals surface area contributed by atoms with Crippen LogP contribution < -0.4 is 5.32 Å². The fourth-order valence-electron chi connectivity index (χ4n) is 1.94. The van der Waals surface area contributed by atoms with Gasteiger partial charge in [-0.1, -0.05) is 0 Å². The lowest BCUT2D eigenvalue weighted by molar-refractivity contribution is 0.0697. The standard InChI is InChI=1S/C12H14N2O5/c15-7-1-2-10(9(5-7)11(17)18)13-12(19)14-4-3-8(16)6-14/h1-2,5,8,15-16H,3-4,6H2,(H,13,19)(H,17,18). The number of carbonyl (C=O) groups excluding carboxylic acids is 1. The monoisotopic (exact) mass is 266 g/mol. The van der Waals surface area contributed by atoms with Gasteiger partial charge in [0.25, 0.3) is 0 Å². The van der Waals surface area contributed by atoms with Crippen LogP contribution in [-0.2, 0) is 0 Å². The maximum absolute atomic E-state index is 11.9. The van der Waals surface area contributed by atoms with Gasteiger partial charge in [-0.05, 0) is 24.6 Å². The first-order valence-corrected chi connectivity index (χ1v) is 5.77. The number of hydrogen-bond donors (Lipinski definition) is 4. The van der Waals surface area contributed by atoms with Crippen LogP contribution in [0.3, 0.4) is 0 Å². The van der Waals surface area contributed by atoms with E-state index in [0.717, 1.165) is 6.07 Å². The van der Waals surface area contributed by atoms with E-state index >= 15 is 0 Å². The number of aliphatic hydroxyl groups excluding tert-OH is 1. The fraction of sp³-hybridized carbons (Fsp3) is 0.333. The van der Waals surface area contributed by atoms with Crippen molar-refractivity contribution in [2.45, 2.75) is 12.5 Å². The molecule has 4 N–H and O–H groups in total. The first kappa shape index (κ1) is 13.2. The second kappa shape index (κ2) is 5.15. The minimum Gasteiger partial charge on any atom is -0.508 e. The number of aromatic carboxylic acids is 1. The van der Waals surface area contributed by atoms with Crippen LogP contribution in [0.15, 0.2) is 18.2 Å². The number of nitrogens with one attached hydrogen (secondary N) is 1. The largest absolute Gasteiger partial charge is 0.508 e. The molecule has 1 aromatic rings. The number of rotatable bonds is 2. The van der Waals surface area contributed by atoms with E-state index in [2.05, 4.69) is 5.32 Å². The lowest BCUT2D eigenvalue weighted by atomic mass is 10.1. The Labute approximate surface area is 109 Å². The van der Waals surface area contributed by atoms with Gasteiger partial charge in [0, 0.05) is 13.1 Å². The Morgan fingerprint density at radius 1 is 1.37 bits per heavy atom. The molecule has 1 heterocycles. The summed E-state index contributed by atoms with van der Waals surface area (Å²) in [4.78, 5) is 24.3. The Bertz CT molecular complexity index is 517. The molecule has 0 aliphatic carbocycles. The number of hydrogen-bond acceptors (Lipinski definition) is 4. The summed E-state index contributed by atoms with van der Waals surface area (Å²) in [6.45, 7) is 0.653. The van der Waals surface area contributed by atoms with Crippen LogP contribution >= 0.6 is 0 Å². The Morgan fingerprint density at radius 2 is 2.11 bits per heavy atom. The molecule has 0 saturated carbocycles. The smallest absolute Gasteiger partial charge is 0.337 e. The molecule has 102 valence electrons. The highest BCUT2D eigenvalue weighted by Crippen LogP contribution is 2.22. The van der Waals surface area contributed by atoms with Gasteiger partial charge in [0.2, 0.25) is 0 Å². The number of likely N-dealkylation sites (tertiary alicyclic amines) is 1. The molecule has 0 radical (unpaired) electrons. The number of benzene rings is 1. The van der Waals surface area contributed by atoms with Crippen molar-refractivity contribution in [2.75, 3.05) is 18.4 Å². The summed E-state index contributed by atoms with van der Waals surface area (Å²) in [5.74, 6) is -1.43. The maximum atomic E-state index is 11.9. The third kappa shape index (κ3) is 2.94. The number of carboxylic acids is 1. The van der Waals surface area contributed by atoms with Gasteiger partial charge in [0.15, 0.2) is 0 Å². The Balaban J connectivity index is 2.14. The highest BCUT2D eigenvalue weighted by atomic mass is 16.4. The number of aliphatic hydroxyl groups is 1. The number of nitrogens with zero attached hydrogens (tertiary/aromatic N) is 1. The zero-order chi connectivity index (χ0) is 14.0. The lowest BCUT2D eigenvalue weighted by Crippen LogP contribution is -2.34. The molecule has 1 unspecified atom stereocenters. The molecule has 1 aliphatic rings. The number of carbonyl (C=O) groups is 2. The number of urea groups is 1. The van der Waals surface area contributed by atoms with Gasteiger partial charge in [0.1, 0.15) is 5.75 Å². The molecule has 1 atom stereocenters. The van der Waals surface area contributed by atoms with E-state index in [1.807, 2.05) is 0 Å². The summed E-state index contributed by atoms with van der Waals surface area (Å²) in [5, 5.41) is 30.1. The van der Waals surface area contributed by atoms with Crippen molar-refractivity contribution in [3.8, 4) is 5.75 Å². The maximum Gasteiger partial charge on any atom is 0.337 e. The number of amides is 2. The summed E-state index contributed by atoms with van der Waals surface area (Å²) in [6.07, 6.45) is -0.0288. The molecule has 1 saturated heterocycles. The van der Waals surface area contributed by atoms with Crippen molar-refractivity contribution < 1.29 is 24.9 Å². The first-order chi connectivity index (χ1) is 8.97. The Kier molecular flexibility index (Phi) is 3.57. The molecular formula is C12H14N2O5. The van der Waals surface area contributed by atoms with Crippen molar-refractivity contribution in [2.24, 2.45) is 0 Å². The van der Waals surface area contributed by atoms with Gasteiger partial charge in [0.05, 0.1) is 17.4 Å². The predicted molar refractivity (Wildman–Crippen MR) is 66.3 cm³/mol. The normalized spacial score (nSPS) is 18.4. The minimum absolute atomic E-state index is 0.108. The van der Waals surface area contributed by atoms with Gasteiger partial charge in [-0.25, -0.2) is 9.59 Å². The molecule has 1 aromatic carbocycles. The van der Waals surface area contributed by atoms with Crippen molar-refractivity contribution in [1.82, 2.24) is 4.90 Å². The van der Waals surface area contributed by atoms with Crippen LogP contribution in [0, 0.1) is 0 Å². The van der Waals surface area contributed by atoms with Gasteiger partial charge in [-0.2, -0.15) is 0 Å². The lowest BCUT2D eigenvalue weighted by Gasteiger charge is -2.17. The quantitative estimate of drug-likeness (QED) is 0.589. The molecule has 0 bridgehead atoms. The number of β-amino-alcohol motifs (C(OH)–C–C–N with tert-alkyl or cyclic N) is 1. The third-order valence-corrected chi connectivity index (χ3v) is 2.93. The zero-order valence-corrected chi connectivity index (χ0v) is 10.0. The van der Waals surface area contributed by atoms with E-state index in [1.54, 1.807) is 0 Å². The number of phenols is 1. The summed E-state index contributed by atoms with van der Waals surface area (Å²) >= 11 is 0. The number of carboxylic acid groups (broad SMARTS) is 1. The summed E-state index contributed by atoms with van der Waals surface area (Å²) in [7, 11) is 0. The third-order valence-electron chi connectivity index (χ3n) is 2.93. The average molecular weight is 266 g/mol. The highest BCUT2D eigenvalue weighted by Gasteiger charge is 2.25. The predicted octanol–water partition coefficient (Wildman–Crippen LogP) is 0.689. The molecule has 7 heteroatoms. The topological polar surface area (TPSA) is 110 Å². The second-order valence-corrected chi connectivity index (χ2v) is 4.35. The van der Waals surface area contributed by atoms with Crippen LogP contribution in [-0.4, -0.2) is 51.4 Å². The summed E-state index contributed by atoms with van der Waals surface area (Å²) < 4.78 is 0. The Hall–Kier alpha value is -2.28.